The summed E-state index contributed by atoms with van der Waals surface area (Å²) in [6, 6.07) is 12.4. The van der Waals surface area contributed by atoms with E-state index in [4.69, 9.17) is 16.3 Å². The number of benzene rings is 2. The van der Waals surface area contributed by atoms with Crippen LogP contribution in [0.1, 0.15) is 24.8 Å². The van der Waals surface area contributed by atoms with Gasteiger partial charge in [-0.05, 0) is 23.8 Å². The predicted molar refractivity (Wildman–Crippen MR) is 84.4 cm³/mol. The number of hydrogen-bond acceptors (Lipinski definition) is 1. The Labute approximate surface area is 124 Å². The molecule has 0 saturated heterocycles. The molecule has 0 spiro atoms. The van der Waals surface area contributed by atoms with E-state index in [1.54, 1.807) is 0 Å². The predicted octanol–water partition coefficient (Wildman–Crippen LogP) is 4.61. The second kappa shape index (κ2) is 6.20. The van der Waals surface area contributed by atoms with E-state index in [1.807, 2.05) is 18.2 Å². The molecule has 3 rings (SSSR count). The van der Waals surface area contributed by atoms with Gasteiger partial charge in [0.2, 0.25) is 0 Å². The second-order valence-electron chi connectivity index (χ2n) is 5.18. The van der Waals surface area contributed by atoms with Gasteiger partial charge in [0, 0.05) is 5.39 Å². The summed E-state index contributed by atoms with van der Waals surface area (Å²) in [4.78, 5) is 0. The third kappa shape index (κ3) is 3.08. The van der Waals surface area contributed by atoms with Crippen LogP contribution in [-0.4, -0.2) is 12.5 Å². The Morgan fingerprint density at radius 3 is 2.80 bits per heavy atom. The van der Waals surface area contributed by atoms with Crippen molar-refractivity contribution >= 4 is 22.4 Å². The molecule has 0 aromatic heterocycles. The molecule has 0 radical (unpaired) electrons. The summed E-state index contributed by atoms with van der Waals surface area (Å²) in [6.07, 6.45) is 3.87. The molecule has 1 aliphatic rings. The molecule has 0 unspecified atom stereocenters. The summed E-state index contributed by atoms with van der Waals surface area (Å²) < 4.78 is 5.95. The molecule has 2 aromatic carbocycles. The molecule has 0 aliphatic heterocycles. The second-order valence-corrected chi connectivity index (χ2v) is 5.44. The standard InChI is InChI=1S/C18H17ClO/c19-12-3-6-17-16-5-2-1-4-15(16)9-10-18(17)20-13-11-14-7-8-14/h1-2,4-5,9-10,14H,7-8,11-13H2. The number of rotatable bonds is 4. The summed E-state index contributed by atoms with van der Waals surface area (Å²) in [7, 11) is 0. The highest BCUT2D eigenvalue weighted by Gasteiger charge is 2.20. The molecule has 0 bridgehead atoms. The Morgan fingerprint density at radius 1 is 1.15 bits per heavy atom. The van der Waals surface area contributed by atoms with Crippen LogP contribution in [0.2, 0.25) is 0 Å². The monoisotopic (exact) mass is 284 g/mol. The maximum Gasteiger partial charge on any atom is 0.135 e. The Kier molecular flexibility index (Phi) is 4.14. The first kappa shape index (κ1) is 13.3. The van der Waals surface area contributed by atoms with Gasteiger partial charge in [-0.2, -0.15) is 0 Å². The van der Waals surface area contributed by atoms with Gasteiger partial charge in [-0.1, -0.05) is 55.0 Å². The fraction of sp³-hybridized carbons (Fsp3) is 0.333. The van der Waals surface area contributed by atoms with E-state index in [-0.39, 0.29) is 0 Å². The fourth-order valence-corrected chi connectivity index (χ4v) is 2.43. The van der Waals surface area contributed by atoms with E-state index >= 15 is 0 Å². The lowest BCUT2D eigenvalue weighted by molar-refractivity contribution is 0.302. The minimum Gasteiger partial charge on any atom is -0.492 e. The molecular formula is C18H17ClO. The highest BCUT2D eigenvalue weighted by molar-refractivity contribution is 6.19. The van der Waals surface area contributed by atoms with Crippen molar-refractivity contribution in [3.63, 3.8) is 0 Å². The molecule has 102 valence electrons. The molecule has 1 nitrogen and oxygen atoms in total. The lowest BCUT2D eigenvalue weighted by Crippen LogP contribution is -2.00. The number of fused-ring (bicyclic) bond motifs is 1. The van der Waals surface area contributed by atoms with Crippen LogP contribution in [-0.2, 0) is 0 Å². The zero-order valence-electron chi connectivity index (χ0n) is 11.4. The number of ether oxygens (including phenoxy) is 1. The minimum atomic E-state index is 0.338. The Morgan fingerprint density at radius 2 is 2.00 bits per heavy atom. The number of hydrogen-bond donors (Lipinski definition) is 0. The fourth-order valence-electron chi connectivity index (χ4n) is 2.36. The van der Waals surface area contributed by atoms with Crippen molar-refractivity contribution in [2.24, 2.45) is 5.92 Å². The summed E-state index contributed by atoms with van der Waals surface area (Å²) in [5.74, 6) is 8.19. The number of alkyl halides is 1. The maximum absolute atomic E-state index is 5.95. The first-order valence-electron chi connectivity index (χ1n) is 7.08. The average Bonchev–Trinajstić information content (AvgIpc) is 3.30. The van der Waals surface area contributed by atoms with Crippen molar-refractivity contribution in [1.29, 1.82) is 0 Å². The third-order valence-electron chi connectivity index (χ3n) is 3.65. The van der Waals surface area contributed by atoms with Gasteiger partial charge >= 0.3 is 0 Å². The number of halogens is 1. The van der Waals surface area contributed by atoms with Crippen molar-refractivity contribution in [3.05, 3.63) is 42.0 Å². The van der Waals surface area contributed by atoms with Crippen molar-refractivity contribution in [2.75, 3.05) is 12.5 Å². The first-order valence-corrected chi connectivity index (χ1v) is 7.61. The normalized spacial score (nSPS) is 13.8. The molecule has 0 N–H and O–H groups in total. The van der Waals surface area contributed by atoms with Crippen LogP contribution in [0.3, 0.4) is 0 Å². The molecule has 1 saturated carbocycles. The average molecular weight is 285 g/mol. The van der Waals surface area contributed by atoms with Gasteiger partial charge in [0.15, 0.2) is 0 Å². The zero-order chi connectivity index (χ0) is 13.8. The lowest BCUT2D eigenvalue weighted by atomic mass is 10.0. The van der Waals surface area contributed by atoms with Gasteiger partial charge in [0.1, 0.15) is 5.75 Å². The van der Waals surface area contributed by atoms with E-state index < -0.39 is 0 Å². The molecule has 0 amide bonds. The minimum absolute atomic E-state index is 0.338. The molecule has 2 heteroatoms. The Balaban J connectivity index is 1.91. The van der Waals surface area contributed by atoms with Crippen molar-refractivity contribution < 1.29 is 4.74 Å². The van der Waals surface area contributed by atoms with Crippen LogP contribution >= 0.6 is 11.6 Å². The van der Waals surface area contributed by atoms with E-state index in [2.05, 4.69) is 30.0 Å². The van der Waals surface area contributed by atoms with Crippen LogP contribution < -0.4 is 4.74 Å². The molecule has 2 aromatic rings. The summed E-state index contributed by atoms with van der Waals surface area (Å²) >= 11 is 5.69. The van der Waals surface area contributed by atoms with Crippen LogP contribution in [0.4, 0.5) is 0 Å². The lowest BCUT2D eigenvalue weighted by Gasteiger charge is -2.10. The van der Waals surface area contributed by atoms with E-state index in [0.717, 1.165) is 35.6 Å². The largest absolute Gasteiger partial charge is 0.492 e. The van der Waals surface area contributed by atoms with E-state index in [9.17, 15) is 0 Å². The van der Waals surface area contributed by atoms with Crippen molar-refractivity contribution in [3.8, 4) is 17.6 Å². The van der Waals surface area contributed by atoms with Crippen LogP contribution in [0.5, 0.6) is 5.75 Å². The smallest absolute Gasteiger partial charge is 0.135 e. The molecule has 1 fully saturated rings. The Hall–Kier alpha value is -1.65. The van der Waals surface area contributed by atoms with Crippen LogP contribution in [0.15, 0.2) is 36.4 Å². The maximum atomic E-state index is 5.95. The highest BCUT2D eigenvalue weighted by Crippen LogP contribution is 2.33. The quantitative estimate of drug-likeness (QED) is 0.588. The summed E-state index contributed by atoms with van der Waals surface area (Å²) in [5, 5.41) is 2.31. The molecular weight excluding hydrogens is 268 g/mol. The van der Waals surface area contributed by atoms with Gasteiger partial charge in [-0.3, -0.25) is 0 Å². The third-order valence-corrected chi connectivity index (χ3v) is 3.79. The molecule has 0 heterocycles. The van der Waals surface area contributed by atoms with Gasteiger partial charge in [-0.25, -0.2) is 0 Å². The summed E-state index contributed by atoms with van der Waals surface area (Å²) in [6.45, 7) is 0.776. The SMILES string of the molecule is ClCC#Cc1c(OCCC2CC2)ccc2ccccc12. The zero-order valence-corrected chi connectivity index (χ0v) is 12.1. The van der Waals surface area contributed by atoms with Crippen molar-refractivity contribution in [2.45, 2.75) is 19.3 Å². The van der Waals surface area contributed by atoms with Gasteiger partial charge in [0.25, 0.3) is 0 Å². The van der Waals surface area contributed by atoms with Gasteiger partial charge in [-0.15, -0.1) is 11.6 Å². The van der Waals surface area contributed by atoms with Gasteiger partial charge in [0.05, 0.1) is 18.1 Å². The first-order chi connectivity index (χ1) is 9.88. The Bertz CT molecular complexity index is 662. The molecule has 20 heavy (non-hydrogen) atoms. The van der Waals surface area contributed by atoms with Gasteiger partial charge < -0.3 is 4.74 Å². The van der Waals surface area contributed by atoms with Crippen molar-refractivity contribution in [1.82, 2.24) is 0 Å². The van der Waals surface area contributed by atoms with Crippen LogP contribution in [0.25, 0.3) is 10.8 Å². The highest BCUT2D eigenvalue weighted by atomic mass is 35.5. The molecule has 1 aliphatic carbocycles. The molecule has 0 atom stereocenters. The van der Waals surface area contributed by atoms with E-state index in [0.29, 0.717) is 5.88 Å². The topological polar surface area (TPSA) is 9.23 Å². The van der Waals surface area contributed by atoms with E-state index in [1.165, 1.54) is 18.2 Å². The summed E-state index contributed by atoms with van der Waals surface area (Å²) in [5.41, 5.74) is 0.958. The van der Waals surface area contributed by atoms with Crippen LogP contribution in [0, 0.1) is 17.8 Å².